The van der Waals surface area contributed by atoms with Gasteiger partial charge in [-0.15, -0.1) is 12.4 Å². The van der Waals surface area contributed by atoms with Crippen LogP contribution in [0, 0.1) is 5.41 Å². The fourth-order valence-corrected chi connectivity index (χ4v) is 4.06. The van der Waals surface area contributed by atoms with Crippen LogP contribution in [0.5, 0.6) is 5.75 Å². The summed E-state index contributed by atoms with van der Waals surface area (Å²) in [6.45, 7) is 5.06. The molecule has 1 aromatic carbocycles. The molecule has 0 unspecified atom stereocenters. The maximum absolute atomic E-state index is 12.6. The summed E-state index contributed by atoms with van der Waals surface area (Å²) in [4.78, 5) is 0.227. The van der Waals surface area contributed by atoms with E-state index in [9.17, 15) is 8.42 Å². The first-order valence-electron chi connectivity index (χ1n) is 7.93. The van der Waals surface area contributed by atoms with E-state index in [1.165, 1.54) is 0 Å². The van der Waals surface area contributed by atoms with Crippen molar-refractivity contribution >= 4 is 22.4 Å². The second kappa shape index (κ2) is 9.58. The summed E-state index contributed by atoms with van der Waals surface area (Å²) in [7, 11) is -1.91. The van der Waals surface area contributed by atoms with Crippen LogP contribution in [-0.4, -0.2) is 48.4 Å². The molecule has 2 N–H and O–H groups in total. The third kappa shape index (κ3) is 5.60. The summed E-state index contributed by atoms with van der Waals surface area (Å²) in [5, 5.41) is 3.30. The van der Waals surface area contributed by atoms with E-state index in [1.807, 2.05) is 6.92 Å². The molecule has 0 aromatic heterocycles. The molecule has 1 aromatic rings. The number of benzene rings is 1. The zero-order valence-electron chi connectivity index (χ0n) is 14.2. The lowest BCUT2D eigenvalue weighted by atomic mass is 9.80. The maximum Gasteiger partial charge on any atom is 0.240 e. The van der Waals surface area contributed by atoms with Crippen LogP contribution in [0.3, 0.4) is 0 Å². The van der Waals surface area contributed by atoms with Crippen LogP contribution >= 0.6 is 12.4 Å². The number of hydrogen-bond acceptors (Lipinski definition) is 5. The predicted molar refractivity (Wildman–Crippen MR) is 96.5 cm³/mol. The molecule has 1 aliphatic rings. The van der Waals surface area contributed by atoms with Crippen molar-refractivity contribution in [1.29, 1.82) is 0 Å². The molecule has 0 amide bonds. The zero-order valence-corrected chi connectivity index (χ0v) is 15.8. The van der Waals surface area contributed by atoms with E-state index >= 15 is 0 Å². The van der Waals surface area contributed by atoms with Crippen LogP contribution in [0.25, 0.3) is 0 Å². The fraction of sp³-hybridized carbons (Fsp3) is 0.625. The highest BCUT2D eigenvalue weighted by molar-refractivity contribution is 7.89. The van der Waals surface area contributed by atoms with Crippen LogP contribution in [0.2, 0.25) is 0 Å². The minimum absolute atomic E-state index is 0. The van der Waals surface area contributed by atoms with E-state index in [1.54, 1.807) is 31.4 Å². The van der Waals surface area contributed by atoms with E-state index in [2.05, 4.69) is 10.0 Å². The molecule has 1 aliphatic heterocycles. The lowest BCUT2D eigenvalue weighted by Crippen LogP contribution is -2.47. The fourth-order valence-electron chi connectivity index (χ4n) is 2.86. The van der Waals surface area contributed by atoms with E-state index in [0.717, 1.165) is 25.9 Å². The predicted octanol–water partition coefficient (Wildman–Crippen LogP) is 1.80. The first kappa shape index (κ1) is 21.2. The molecule has 1 saturated heterocycles. The summed E-state index contributed by atoms with van der Waals surface area (Å²) in [5.74, 6) is 0.559. The Labute approximate surface area is 150 Å². The zero-order chi connectivity index (χ0) is 16.8. The molecule has 24 heavy (non-hydrogen) atoms. The van der Waals surface area contributed by atoms with Gasteiger partial charge >= 0.3 is 0 Å². The number of hydrogen-bond donors (Lipinski definition) is 2. The molecule has 1 heterocycles. The lowest BCUT2D eigenvalue weighted by molar-refractivity contribution is 0.0577. The van der Waals surface area contributed by atoms with Crippen molar-refractivity contribution < 1.29 is 17.9 Å². The van der Waals surface area contributed by atoms with Gasteiger partial charge in [-0.3, -0.25) is 0 Å². The van der Waals surface area contributed by atoms with Gasteiger partial charge < -0.3 is 14.8 Å². The monoisotopic (exact) mass is 378 g/mol. The molecule has 0 bridgehead atoms. The second-order valence-electron chi connectivity index (χ2n) is 5.92. The van der Waals surface area contributed by atoms with Gasteiger partial charge in [0.25, 0.3) is 0 Å². The third-order valence-electron chi connectivity index (χ3n) is 4.18. The minimum Gasteiger partial charge on any atom is -0.494 e. The van der Waals surface area contributed by atoms with Crippen molar-refractivity contribution in [3.05, 3.63) is 24.3 Å². The highest BCUT2D eigenvalue weighted by Crippen LogP contribution is 2.29. The Balaban J connectivity index is 0.00000288. The molecule has 8 heteroatoms. The third-order valence-corrected chi connectivity index (χ3v) is 5.58. The van der Waals surface area contributed by atoms with Crippen molar-refractivity contribution in [3.63, 3.8) is 0 Å². The standard InChI is InChI=1S/C16H26N2O4S.ClH/c1-3-22-14-5-4-6-15(11-14)23(19,20)18-12-16(13-21-2)7-9-17-10-8-16;/h4-6,11,17-18H,3,7-10,12-13H2,1-2H3;1H. The molecular weight excluding hydrogens is 352 g/mol. The number of halogens is 1. The first-order chi connectivity index (χ1) is 11.0. The van der Waals surface area contributed by atoms with Crippen LogP contribution in [0.4, 0.5) is 0 Å². The Bertz CT molecular complexity index is 598. The molecule has 138 valence electrons. The van der Waals surface area contributed by atoms with E-state index in [4.69, 9.17) is 9.47 Å². The summed E-state index contributed by atoms with van der Waals surface area (Å²) in [6, 6.07) is 6.57. The Morgan fingerprint density at radius 1 is 1.29 bits per heavy atom. The molecule has 0 saturated carbocycles. The lowest BCUT2D eigenvalue weighted by Gasteiger charge is -2.37. The number of methoxy groups -OCH3 is 1. The van der Waals surface area contributed by atoms with Crippen molar-refractivity contribution in [2.45, 2.75) is 24.7 Å². The quantitative estimate of drug-likeness (QED) is 0.721. The van der Waals surface area contributed by atoms with Gasteiger partial charge in [0.05, 0.1) is 18.1 Å². The van der Waals surface area contributed by atoms with Crippen LogP contribution in [0.15, 0.2) is 29.2 Å². The molecule has 2 rings (SSSR count). The van der Waals surface area contributed by atoms with Gasteiger partial charge in [0.2, 0.25) is 10.0 Å². The van der Waals surface area contributed by atoms with Gasteiger partial charge in [-0.25, -0.2) is 13.1 Å². The van der Waals surface area contributed by atoms with Crippen molar-refractivity contribution in [3.8, 4) is 5.75 Å². The number of piperidine rings is 1. The molecular formula is C16H27ClN2O4S. The van der Waals surface area contributed by atoms with Gasteiger partial charge in [0.15, 0.2) is 0 Å². The average molecular weight is 379 g/mol. The highest BCUT2D eigenvalue weighted by atomic mass is 35.5. The van der Waals surface area contributed by atoms with Crippen LogP contribution < -0.4 is 14.8 Å². The van der Waals surface area contributed by atoms with E-state index in [0.29, 0.717) is 25.5 Å². The highest BCUT2D eigenvalue weighted by Gasteiger charge is 2.33. The summed E-state index contributed by atoms with van der Waals surface area (Å²) in [5.41, 5.74) is -0.148. The Morgan fingerprint density at radius 2 is 2.00 bits per heavy atom. The van der Waals surface area contributed by atoms with Crippen molar-refractivity contribution in [2.24, 2.45) is 5.41 Å². The van der Waals surface area contributed by atoms with E-state index < -0.39 is 10.0 Å². The number of rotatable bonds is 8. The van der Waals surface area contributed by atoms with Gasteiger partial charge in [-0.2, -0.15) is 0 Å². The van der Waals surface area contributed by atoms with Crippen molar-refractivity contribution in [1.82, 2.24) is 10.0 Å². The first-order valence-corrected chi connectivity index (χ1v) is 9.42. The van der Waals surface area contributed by atoms with Crippen LogP contribution in [0.1, 0.15) is 19.8 Å². The van der Waals surface area contributed by atoms with Gasteiger partial charge in [-0.1, -0.05) is 6.07 Å². The Morgan fingerprint density at radius 3 is 2.62 bits per heavy atom. The maximum atomic E-state index is 12.6. The summed E-state index contributed by atoms with van der Waals surface area (Å²) >= 11 is 0. The molecule has 0 aliphatic carbocycles. The molecule has 0 radical (unpaired) electrons. The molecule has 1 fully saturated rings. The Hall–Kier alpha value is -0.860. The number of nitrogens with one attached hydrogen (secondary N) is 2. The summed E-state index contributed by atoms with van der Waals surface area (Å²) in [6.07, 6.45) is 1.78. The second-order valence-corrected chi connectivity index (χ2v) is 7.68. The smallest absolute Gasteiger partial charge is 0.240 e. The normalized spacial score (nSPS) is 17.1. The van der Waals surface area contributed by atoms with E-state index in [-0.39, 0.29) is 22.7 Å². The molecule has 0 atom stereocenters. The molecule has 0 spiro atoms. The van der Waals surface area contributed by atoms with Gasteiger partial charge in [-0.05, 0) is 45.0 Å². The number of sulfonamides is 1. The van der Waals surface area contributed by atoms with Crippen molar-refractivity contribution in [2.75, 3.05) is 40.0 Å². The van der Waals surface area contributed by atoms with Gasteiger partial charge in [0, 0.05) is 25.1 Å². The topological polar surface area (TPSA) is 76.7 Å². The summed E-state index contributed by atoms with van der Waals surface area (Å²) < 4.78 is 38.6. The molecule has 6 nitrogen and oxygen atoms in total. The minimum atomic E-state index is -3.56. The SMILES string of the molecule is CCOc1cccc(S(=O)(=O)NCC2(COC)CCNCC2)c1.Cl. The Kier molecular flexibility index (Phi) is 8.45. The van der Waals surface area contributed by atoms with Gasteiger partial charge in [0.1, 0.15) is 5.75 Å². The largest absolute Gasteiger partial charge is 0.494 e. The number of ether oxygens (including phenoxy) is 2. The average Bonchev–Trinajstić information content (AvgIpc) is 2.55. The van der Waals surface area contributed by atoms with Crippen LogP contribution in [-0.2, 0) is 14.8 Å².